The van der Waals surface area contributed by atoms with E-state index in [4.69, 9.17) is 0 Å². The molecule has 6 heteroatoms. The molecule has 0 radical (unpaired) electrons. The van der Waals surface area contributed by atoms with Gasteiger partial charge < -0.3 is 5.32 Å². The van der Waals surface area contributed by atoms with Gasteiger partial charge in [0.15, 0.2) is 0 Å². The lowest BCUT2D eigenvalue weighted by molar-refractivity contribution is -0.384. The van der Waals surface area contributed by atoms with Crippen molar-refractivity contribution in [3.8, 4) is 0 Å². The number of fused-ring (bicyclic) bond motifs is 1. The van der Waals surface area contributed by atoms with E-state index < -0.39 is 4.92 Å². The summed E-state index contributed by atoms with van der Waals surface area (Å²) in [6, 6.07) is 5.04. The fraction of sp³-hybridized carbons (Fsp3) is 0.467. The summed E-state index contributed by atoms with van der Waals surface area (Å²) < 4.78 is 0. The average molecular weight is 286 g/mol. The number of nitrogens with one attached hydrogen (secondary N) is 1. The number of non-ortho nitro benzene ring substituents is 1. The molecule has 6 nitrogen and oxygen atoms in total. The summed E-state index contributed by atoms with van der Waals surface area (Å²) >= 11 is 0. The number of nitro groups is 1. The van der Waals surface area contributed by atoms with Crippen molar-refractivity contribution in [3.63, 3.8) is 0 Å². The highest BCUT2D eigenvalue weighted by Gasteiger charge is 2.30. The minimum atomic E-state index is -0.392. The Morgan fingerprint density at radius 2 is 2.10 bits per heavy atom. The highest BCUT2D eigenvalue weighted by molar-refractivity contribution is 5.90. The maximum Gasteiger partial charge on any atom is 0.270 e. The van der Waals surface area contributed by atoms with Gasteiger partial charge in [0.25, 0.3) is 5.69 Å². The van der Waals surface area contributed by atoms with Gasteiger partial charge in [-0.3, -0.25) is 10.1 Å². The molecule has 0 saturated heterocycles. The van der Waals surface area contributed by atoms with Crippen LogP contribution in [0.4, 0.5) is 11.5 Å². The third-order valence-electron chi connectivity index (χ3n) is 4.62. The number of nitro benzene ring substituents is 1. The topological polar surface area (TPSA) is 81.0 Å². The molecule has 1 saturated carbocycles. The zero-order chi connectivity index (χ0) is 15.0. The molecule has 1 aliphatic rings. The Kier molecular flexibility index (Phi) is 3.45. The molecular weight excluding hydrogens is 268 g/mol. The molecule has 1 N–H and O–H groups in total. The number of anilines is 1. The van der Waals surface area contributed by atoms with Gasteiger partial charge in [-0.1, -0.05) is 13.8 Å². The van der Waals surface area contributed by atoms with Crippen LogP contribution in [0, 0.1) is 22.0 Å². The summed E-state index contributed by atoms with van der Waals surface area (Å²) in [6.45, 7) is 4.50. The van der Waals surface area contributed by atoms with Crippen LogP contribution < -0.4 is 5.32 Å². The SMILES string of the molecule is CC1CCC(Nc2ncnc3ccc([N+](=O)[O-])cc23)C1C. The monoisotopic (exact) mass is 286 g/mol. The molecule has 21 heavy (non-hydrogen) atoms. The second-order valence-electron chi connectivity index (χ2n) is 5.85. The number of hydrogen-bond acceptors (Lipinski definition) is 5. The summed E-state index contributed by atoms with van der Waals surface area (Å²) in [7, 11) is 0. The van der Waals surface area contributed by atoms with E-state index in [0.29, 0.717) is 29.1 Å². The molecule has 0 amide bonds. The quantitative estimate of drug-likeness (QED) is 0.691. The minimum absolute atomic E-state index is 0.0631. The Bertz CT molecular complexity index is 688. The van der Waals surface area contributed by atoms with Crippen LogP contribution in [0.2, 0.25) is 0 Å². The average Bonchev–Trinajstić information content (AvgIpc) is 2.79. The van der Waals surface area contributed by atoms with Crippen LogP contribution >= 0.6 is 0 Å². The van der Waals surface area contributed by atoms with E-state index in [1.54, 1.807) is 12.1 Å². The molecule has 0 aliphatic heterocycles. The smallest absolute Gasteiger partial charge is 0.270 e. The van der Waals surface area contributed by atoms with E-state index in [9.17, 15) is 10.1 Å². The lowest BCUT2D eigenvalue weighted by Crippen LogP contribution is -2.24. The van der Waals surface area contributed by atoms with E-state index >= 15 is 0 Å². The zero-order valence-corrected chi connectivity index (χ0v) is 12.1. The van der Waals surface area contributed by atoms with E-state index in [2.05, 4.69) is 29.1 Å². The van der Waals surface area contributed by atoms with Crippen molar-refractivity contribution in [1.82, 2.24) is 9.97 Å². The summed E-state index contributed by atoms with van der Waals surface area (Å²) in [5.41, 5.74) is 0.782. The Morgan fingerprint density at radius 1 is 1.29 bits per heavy atom. The fourth-order valence-electron chi connectivity index (χ4n) is 3.02. The lowest BCUT2D eigenvalue weighted by atomic mass is 9.98. The van der Waals surface area contributed by atoms with Crippen molar-refractivity contribution < 1.29 is 4.92 Å². The highest BCUT2D eigenvalue weighted by atomic mass is 16.6. The first-order valence-corrected chi connectivity index (χ1v) is 7.22. The lowest BCUT2D eigenvalue weighted by Gasteiger charge is -2.20. The second kappa shape index (κ2) is 5.27. The van der Waals surface area contributed by atoms with Gasteiger partial charge in [-0.05, 0) is 30.7 Å². The Hall–Kier alpha value is -2.24. The van der Waals surface area contributed by atoms with Gasteiger partial charge in [-0.2, -0.15) is 0 Å². The molecule has 2 aromatic rings. The minimum Gasteiger partial charge on any atom is -0.366 e. The molecule has 1 fully saturated rings. The fourth-order valence-corrected chi connectivity index (χ4v) is 3.02. The Morgan fingerprint density at radius 3 is 2.76 bits per heavy atom. The van der Waals surface area contributed by atoms with Gasteiger partial charge in [-0.15, -0.1) is 0 Å². The number of rotatable bonds is 3. The second-order valence-corrected chi connectivity index (χ2v) is 5.85. The summed E-state index contributed by atoms with van der Waals surface area (Å²) in [6.07, 6.45) is 3.80. The standard InChI is InChI=1S/C15H18N4O2/c1-9-3-5-13(10(9)2)18-15-12-7-11(19(20)21)4-6-14(12)16-8-17-15/h4,6-10,13H,3,5H2,1-2H3,(H,16,17,18). The highest BCUT2D eigenvalue weighted by Crippen LogP contribution is 2.34. The van der Waals surface area contributed by atoms with Crippen LogP contribution in [0.5, 0.6) is 0 Å². The normalized spacial score (nSPS) is 25.1. The third kappa shape index (κ3) is 2.53. The number of hydrogen-bond donors (Lipinski definition) is 1. The number of aromatic nitrogens is 2. The Balaban J connectivity index is 1.98. The van der Waals surface area contributed by atoms with Crippen LogP contribution in [0.25, 0.3) is 10.9 Å². The molecule has 3 rings (SSSR count). The Labute approximate surface area is 122 Å². The van der Waals surface area contributed by atoms with Crippen molar-refractivity contribution in [2.24, 2.45) is 11.8 Å². The summed E-state index contributed by atoms with van der Waals surface area (Å²) in [5, 5.41) is 15.1. The van der Waals surface area contributed by atoms with Gasteiger partial charge in [0.05, 0.1) is 10.4 Å². The molecule has 0 bridgehead atoms. The van der Waals surface area contributed by atoms with E-state index in [1.807, 2.05) is 0 Å². The first-order valence-electron chi connectivity index (χ1n) is 7.22. The first kappa shape index (κ1) is 13.7. The molecule has 0 spiro atoms. The van der Waals surface area contributed by atoms with Crippen LogP contribution in [-0.4, -0.2) is 20.9 Å². The van der Waals surface area contributed by atoms with Crippen LogP contribution in [0.1, 0.15) is 26.7 Å². The first-order chi connectivity index (χ1) is 10.1. The van der Waals surface area contributed by atoms with Crippen molar-refractivity contribution in [1.29, 1.82) is 0 Å². The predicted molar refractivity (Wildman–Crippen MR) is 81.2 cm³/mol. The van der Waals surface area contributed by atoms with Gasteiger partial charge >= 0.3 is 0 Å². The largest absolute Gasteiger partial charge is 0.366 e. The van der Waals surface area contributed by atoms with Crippen LogP contribution in [0.3, 0.4) is 0 Å². The van der Waals surface area contributed by atoms with Gasteiger partial charge in [-0.25, -0.2) is 9.97 Å². The zero-order valence-electron chi connectivity index (χ0n) is 12.1. The van der Waals surface area contributed by atoms with Crippen molar-refractivity contribution in [2.45, 2.75) is 32.7 Å². The molecule has 110 valence electrons. The summed E-state index contributed by atoms with van der Waals surface area (Å²) in [5.74, 6) is 1.94. The van der Waals surface area contributed by atoms with Gasteiger partial charge in [0.2, 0.25) is 0 Å². The van der Waals surface area contributed by atoms with Crippen molar-refractivity contribution >= 4 is 22.4 Å². The predicted octanol–water partition coefficient (Wildman–Crippen LogP) is 3.38. The van der Waals surface area contributed by atoms with E-state index in [1.165, 1.54) is 18.8 Å². The third-order valence-corrected chi connectivity index (χ3v) is 4.62. The number of benzene rings is 1. The van der Waals surface area contributed by atoms with Gasteiger partial charge in [0, 0.05) is 23.6 Å². The number of nitrogens with zero attached hydrogens (tertiary/aromatic N) is 3. The molecule has 1 aliphatic carbocycles. The molecular formula is C15H18N4O2. The maximum atomic E-state index is 10.9. The van der Waals surface area contributed by atoms with Crippen LogP contribution in [-0.2, 0) is 0 Å². The molecule has 3 unspecified atom stereocenters. The maximum absolute atomic E-state index is 10.9. The van der Waals surface area contributed by atoms with Crippen LogP contribution in [0.15, 0.2) is 24.5 Å². The van der Waals surface area contributed by atoms with E-state index in [-0.39, 0.29) is 5.69 Å². The van der Waals surface area contributed by atoms with Crippen molar-refractivity contribution in [2.75, 3.05) is 5.32 Å². The van der Waals surface area contributed by atoms with Gasteiger partial charge in [0.1, 0.15) is 12.1 Å². The van der Waals surface area contributed by atoms with Crippen molar-refractivity contribution in [3.05, 3.63) is 34.6 Å². The van der Waals surface area contributed by atoms with E-state index in [0.717, 1.165) is 11.9 Å². The molecule has 3 atom stereocenters. The molecule has 1 heterocycles. The molecule has 1 aromatic carbocycles. The molecule has 1 aromatic heterocycles. The summed E-state index contributed by atoms with van der Waals surface area (Å²) in [4.78, 5) is 19.0.